The fourth-order valence-corrected chi connectivity index (χ4v) is 3.14. The van der Waals surface area contributed by atoms with Crippen LogP contribution >= 0.6 is 0 Å². The van der Waals surface area contributed by atoms with E-state index in [0.717, 1.165) is 12.8 Å². The van der Waals surface area contributed by atoms with E-state index in [0.29, 0.717) is 29.1 Å². The minimum atomic E-state index is -1.06. The van der Waals surface area contributed by atoms with E-state index in [1.165, 1.54) is 10.6 Å². The smallest absolute Gasteiger partial charge is 0.322 e. The number of hydrogen-bond donors (Lipinski definition) is 4. The Bertz CT molecular complexity index is 1160. The number of carbonyl (C=O) groups excluding carboxylic acids is 1. The quantitative estimate of drug-likeness (QED) is 0.451. The van der Waals surface area contributed by atoms with E-state index in [1.54, 1.807) is 18.5 Å². The van der Waals surface area contributed by atoms with Gasteiger partial charge in [0.05, 0.1) is 23.9 Å². The van der Waals surface area contributed by atoms with Crippen molar-refractivity contribution in [3.63, 3.8) is 0 Å². The minimum Gasteiger partial charge on any atom is -0.480 e. The van der Waals surface area contributed by atoms with Crippen LogP contribution in [0.4, 0.5) is 5.95 Å². The molecule has 0 unspecified atom stereocenters. The molecule has 12 nitrogen and oxygen atoms in total. The standard InChI is InChI=1S/C12H11N7O3.C7H8N2/c13-11(22)8-2-1-7-10(6-3-15-16-4-6)17-12(18-19(7)8)14-5-9(20)21;8-2-1-6-3-7(4-6)5-9/h1-4H,5H2,(H2,13,22)(H,14,18)(H,15,16)(H,20,21);6-7H,1,3-4H2. The van der Waals surface area contributed by atoms with Gasteiger partial charge in [0.1, 0.15) is 17.9 Å². The fraction of sp³-hybridized carbons (Fsp3) is 0.316. The molecule has 5 N–H and O–H groups in total. The zero-order chi connectivity index (χ0) is 22.4. The van der Waals surface area contributed by atoms with Crippen molar-refractivity contribution >= 4 is 23.3 Å². The van der Waals surface area contributed by atoms with Crippen LogP contribution in [0.25, 0.3) is 16.8 Å². The van der Waals surface area contributed by atoms with Crippen LogP contribution in [0, 0.1) is 34.5 Å². The molecule has 1 aliphatic carbocycles. The highest BCUT2D eigenvalue weighted by Gasteiger charge is 2.28. The molecular weight excluding hydrogens is 402 g/mol. The van der Waals surface area contributed by atoms with Crippen LogP contribution in [0.2, 0.25) is 0 Å². The van der Waals surface area contributed by atoms with Crippen molar-refractivity contribution in [2.45, 2.75) is 19.3 Å². The van der Waals surface area contributed by atoms with Gasteiger partial charge in [-0.1, -0.05) is 0 Å². The topological polar surface area (TPSA) is 199 Å². The van der Waals surface area contributed by atoms with Gasteiger partial charge in [-0.15, -0.1) is 5.10 Å². The number of amides is 1. The summed E-state index contributed by atoms with van der Waals surface area (Å²) in [5.74, 6) is -0.870. The second-order valence-corrected chi connectivity index (χ2v) is 6.92. The number of carboxylic acids is 1. The lowest BCUT2D eigenvalue weighted by molar-refractivity contribution is -0.134. The summed E-state index contributed by atoms with van der Waals surface area (Å²) < 4.78 is 1.32. The fourth-order valence-electron chi connectivity index (χ4n) is 3.14. The third-order valence-electron chi connectivity index (χ3n) is 4.73. The number of nitrogens with one attached hydrogen (secondary N) is 2. The molecule has 0 bridgehead atoms. The number of aromatic amines is 1. The molecule has 158 valence electrons. The average Bonchev–Trinajstić information content (AvgIpc) is 3.38. The number of hydrogen-bond acceptors (Lipinski definition) is 8. The summed E-state index contributed by atoms with van der Waals surface area (Å²) in [4.78, 5) is 26.4. The van der Waals surface area contributed by atoms with Crippen molar-refractivity contribution < 1.29 is 14.7 Å². The van der Waals surface area contributed by atoms with Crippen LogP contribution in [-0.4, -0.2) is 48.3 Å². The highest BCUT2D eigenvalue weighted by atomic mass is 16.4. The second-order valence-electron chi connectivity index (χ2n) is 6.92. The highest BCUT2D eigenvalue weighted by Crippen LogP contribution is 2.34. The van der Waals surface area contributed by atoms with Crippen molar-refractivity contribution in [1.29, 1.82) is 10.5 Å². The first-order valence-corrected chi connectivity index (χ1v) is 9.33. The van der Waals surface area contributed by atoms with Crippen molar-refractivity contribution in [2.75, 3.05) is 11.9 Å². The van der Waals surface area contributed by atoms with Crippen LogP contribution in [0.3, 0.4) is 0 Å². The molecule has 0 atom stereocenters. The molecule has 0 radical (unpaired) electrons. The van der Waals surface area contributed by atoms with Crippen molar-refractivity contribution in [3.8, 4) is 23.4 Å². The Morgan fingerprint density at radius 2 is 2.13 bits per heavy atom. The Kier molecular flexibility index (Phi) is 6.42. The van der Waals surface area contributed by atoms with Gasteiger partial charge in [-0.25, -0.2) is 9.50 Å². The SMILES string of the molecule is N#CCC1CC(C#N)C1.NC(=O)c1ccc2c(-c3cn[nH]c3)nc(NCC(=O)O)nn12. The van der Waals surface area contributed by atoms with E-state index >= 15 is 0 Å². The van der Waals surface area contributed by atoms with E-state index in [2.05, 4.69) is 37.7 Å². The monoisotopic (exact) mass is 421 g/mol. The Hall–Kier alpha value is -4.45. The van der Waals surface area contributed by atoms with E-state index in [1.807, 2.05) is 0 Å². The molecular formula is C19H19N9O3. The first kappa shape index (κ1) is 21.3. The molecule has 3 aromatic heterocycles. The molecule has 31 heavy (non-hydrogen) atoms. The lowest BCUT2D eigenvalue weighted by Crippen LogP contribution is -2.21. The number of aliphatic carboxylic acids is 1. The highest BCUT2D eigenvalue weighted by molar-refractivity contribution is 5.93. The molecule has 1 fully saturated rings. The molecule has 1 saturated carbocycles. The van der Waals surface area contributed by atoms with Crippen molar-refractivity contribution in [2.24, 2.45) is 17.6 Å². The van der Waals surface area contributed by atoms with Crippen LogP contribution in [0.1, 0.15) is 29.8 Å². The van der Waals surface area contributed by atoms with Gasteiger partial charge < -0.3 is 16.2 Å². The average molecular weight is 421 g/mol. The third kappa shape index (κ3) is 4.94. The summed E-state index contributed by atoms with van der Waals surface area (Å²) in [5, 5.41) is 38.5. The van der Waals surface area contributed by atoms with Gasteiger partial charge in [0.15, 0.2) is 0 Å². The maximum Gasteiger partial charge on any atom is 0.322 e. The van der Waals surface area contributed by atoms with Gasteiger partial charge in [-0.3, -0.25) is 14.7 Å². The maximum atomic E-state index is 11.5. The zero-order valence-corrected chi connectivity index (χ0v) is 16.3. The lowest BCUT2D eigenvalue weighted by Gasteiger charge is -2.27. The van der Waals surface area contributed by atoms with E-state index in [-0.39, 0.29) is 24.1 Å². The van der Waals surface area contributed by atoms with Gasteiger partial charge in [0.2, 0.25) is 5.95 Å². The first-order valence-electron chi connectivity index (χ1n) is 9.33. The van der Waals surface area contributed by atoms with Gasteiger partial charge in [0, 0.05) is 24.1 Å². The predicted octanol–water partition coefficient (Wildman–Crippen LogP) is 1.16. The zero-order valence-electron chi connectivity index (χ0n) is 16.3. The summed E-state index contributed by atoms with van der Waals surface area (Å²) >= 11 is 0. The predicted molar refractivity (Wildman–Crippen MR) is 107 cm³/mol. The number of carboxylic acid groups (broad SMARTS) is 1. The van der Waals surface area contributed by atoms with Gasteiger partial charge >= 0.3 is 5.97 Å². The molecule has 12 heteroatoms. The normalized spacial score (nSPS) is 16.8. The molecule has 3 heterocycles. The summed E-state index contributed by atoms with van der Waals surface area (Å²) in [6, 6.07) is 7.47. The summed E-state index contributed by atoms with van der Waals surface area (Å²) in [6.45, 7) is -0.358. The van der Waals surface area contributed by atoms with Crippen molar-refractivity contribution in [3.05, 3.63) is 30.2 Å². The number of nitrogens with zero attached hydrogens (tertiary/aromatic N) is 6. The lowest BCUT2D eigenvalue weighted by atomic mass is 9.74. The number of fused-ring (bicyclic) bond motifs is 1. The maximum absolute atomic E-state index is 11.5. The molecule has 0 aromatic carbocycles. The number of nitrogens with two attached hydrogens (primary N) is 1. The number of carbonyl (C=O) groups is 2. The van der Waals surface area contributed by atoms with E-state index in [4.69, 9.17) is 21.4 Å². The molecule has 1 aliphatic rings. The Labute approximate surface area is 176 Å². The molecule has 0 saturated heterocycles. The Morgan fingerprint density at radius 1 is 1.35 bits per heavy atom. The summed E-state index contributed by atoms with van der Waals surface area (Å²) in [5.41, 5.74) is 7.19. The molecule has 3 aromatic rings. The minimum absolute atomic E-state index is 0.0600. The van der Waals surface area contributed by atoms with Gasteiger partial charge in [-0.05, 0) is 30.9 Å². The third-order valence-corrected chi connectivity index (χ3v) is 4.73. The van der Waals surface area contributed by atoms with Crippen LogP contribution in [0.15, 0.2) is 24.5 Å². The van der Waals surface area contributed by atoms with Gasteiger partial charge in [-0.2, -0.15) is 15.6 Å². The number of anilines is 1. The number of H-pyrrole nitrogens is 1. The first-order chi connectivity index (χ1) is 14.9. The van der Waals surface area contributed by atoms with E-state index in [9.17, 15) is 9.59 Å². The second kappa shape index (κ2) is 9.37. The molecule has 1 amide bonds. The van der Waals surface area contributed by atoms with E-state index < -0.39 is 11.9 Å². The number of aromatic nitrogens is 5. The number of primary amides is 1. The number of rotatable bonds is 6. The van der Waals surface area contributed by atoms with Crippen LogP contribution in [0.5, 0.6) is 0 Å². The Balaban J connectivity index is 0.000000254. The largest absolute Gasteiger partial charge is 0.480 e. The summed E-state index contributed by atoms with van der Waals surface area (Å²) in [6.07, 6.45) is 5.72. The molecule has 0 spiro atoms. The molecule has 4 rings (SSSR count). The summed E-state index contributed by atoms with van der Waals surface area (Å²) in [7, 11) is 0. The van der Waals surface area contributed by atoms with Crippen molar-refractivity contribution in [1.82, 2.24) is 24.8 Å². The Morgan fingerprint density at radius 3 is 2.71 bits per heavy atom. The van der Waals surface area contributed by atoms with Crippen LogP contribution < -0.4 is 11.1 Å². The van der Waals surface area contributed by atoms with Crippen LogP contribution in [-0.2, 0) is 4.79 Å². The number of nitriles is 2. The molecule has 0 aliphatic heterocycles. The van der Waals surface area contributed by atoms with Gasteiger partial charge in [0.25, 0.3) is 5.91 Å².